The molecule has 2 bridgehead atoms. The van der Waals surface area contributed by atoms with E-state index in [0.29, 0.717) is 27.8 Å². The number of aromatic nitrogens is 1. The van der Waals surface area contributed by atoms with Gasteiger partial charge in [-0.05, 0) is 36.3 Å². The maximum atomic E-state index is 13.6. The molecule has 2 N–H and O–H groups in total. The number of hydrogen-bond donors (Lipinski definition) is 2. The minimum atomic E-state index is -1.09. The van der Waals surface area contributed by atoms with Crippen LogP contribution in [-0.4, -0.2) is 49.5 Å². The van der Waals surface area contributed by atoms with Crippen molar-refractivity contribution in [1.29, 1.82) is 0 Å². The summed E-state index contributed by atoms with van der Waals surface area (Å²) in [5.41, 5.74) is 1.14. The molecule has 4 aliphatic rings. The number of imide groups is 1. The third-order valence-corrected chi connectivity index (χ3v) is 12.2. The molecule has 2 saturated carbocycles. The fourth-order valence-electron chi connectivity index (χ4n) is 7.65. The van der Waals surface area contributed by atoms with Gasteiger partial charge in [0.2, 0.25) is 11.8 Å². The van der Waals surface area contributed by atoms with Gasteiger partial charge in [-0.15, -0.1) is 11.8 Å². The van der Waals surface area contributed by atoms with E-state index in [1.807, 2.05) is 12.1 Å². The van der Waals surface area contributed by atoms with Crippen LogP contribution in [-0.2, 0) is 21.0 Å². The zero-order valence-electron chi connectivity index (χ0n) is 22.3. The Bertz CT molecular complexity index is 1760. The Morgan fingerprint density at radius 2 is 1.88 bits per heavy atom. The third-order valence-electron chi connectivity index (χ3n) is 9.24. The van der Waals surface area contributed by atoms with E-state index in [1.54, 1.807) is 18.2 Å². The molecule has 222 valence electrons. The normalized spacial score (nSPS) is 28.5. The number of aromatic amines is 1. The smallest absolute Gasteiger partial charge is 0.305 e. The molecule has 1 saturated heterocycles. The van der Waals surface area contributed by atoms with Gasteiger partial charge in [0, 0.05) is 50.9 Å². The number of nitrogens with zero attached hydrogens (tertiary/aromatic N) is 2. The van der Waals surface area contributed by atoms with Crippen molar-refractivity contribution in [2.75, 3.05) is 6.54 Å². The van der Waals surface area contributed by atoms with E-state index >= 15 is 0 Å². The first kappa shape index (κ1) is 28.1. The summed E-state index contributed by atoms with van der Waals surface area (Å²) < 4.78 is 6.26. The molecule has 43 heavy (non-hydrogen) atoms. The van der Waals surface area contributed by atoms with Gasteiger partial charge in [-0.25, -0.2) is 0 Å². The molecular weight excluding hydrogens is 618 g/mol. The Labute approximate surface area is 257 Å². The highest BCUT2D eigenvalue weighted by Crippen LogP contribution is 2.69. The number of carbonyl (C=O) groups excluding carboxylic acids is 2. The van der Waals surface area contributed by atoms with Crippen molar-refractivity contribution >= 4 is 58.2 Å². The second-order valence-corrected chi connectivity index (χ2v) is 13.9. The molecule has 1 aromatic heterocycles. The SMILES string of the molecule is O=C(O)CCN1C(=O)[C@@H]2[C@H]3C[C@@H]([C@H]4Sc5[nH]c(=O)sc5[C@@H](c5cc([N+](=O)[O-])ccc5OCc5ccccc5Cl)[C@@H]34)[C@H]2C1=O. The number of nitrogens with one attached hydrogen (secondary N) is 1. The number of ether oxygens (including phenoxy) is 1. The lowest BCUT2D eigenvalue weighted by atomic mass is 9.68. The summed E-state index contributed by atoms with van der Waals surface area (Å²) in [5, 5.41) is 22.1. The molecule has 2 aromatic carbocycles. The van der Waals surface area contributed by atoms with Crippen molar-refractivity contribution in [2.45, 2.75) is 35.6 Å². The number of carboxylic acid groups (broad SMARTS) is 1. The minimum Gasteiger partial charge on any atom is -0.489 e. The first-order valence-corrected chi connectivity index (χ1v) is 15.8. The zero-order chi connectivity index (χ0) is 30.2. The molecule has 2 aliphatic carbocycles. The number of rotatable bonds is 8. The first-order valence-electron chi connectivity index (χ1n) is 13.7. The number of benzene rings is 2. The number of hydrogen-bond acceptors (Lipinski definition) is 9. The van der Waals surface area contributed by atoms with Crippen molar-refractivity contribution in [2.24, 2.45) is 29.6 Å². The maximum absolute atomic E-state index is 13.6. The molecule has 3 fully saturated rings. The van der Waals surface area contributed by atoms with Crippen LogP contribution in [0.5, 0.6) is 5.75 Å². The van der Waals surface area contributed by atoms with E-state index in [2.05, 4.69) is 4.98 Å². The van der Waals surface area contributed by atoms with E-state index in [9.17, 15) is 29.3 Å². The topological polar surface area (TPSA) is 160 Å². The number of amides is 2. The predicted octanol–water partition coefficient (Wildman–Crippen LogP) is 4.53. The number of carbonyl (C=O) groups is 3. The van der Waals surface area contributed by atoms with E-state index in [0.717, 1.165) is 26.7 Å². The lowest BCUT2D eigenvalue weighted by Gasteiger charge is -2.43. The van der Waals surface area contributed by atoms with Gasteiger partial charge < -0.3 is 14.8 Å². The number of halogens is 1. The number of nitro groups is 1. The summed E-state index contributed by atoms with van der Waals surface area (Å²) in [6.07, 6.45) is 0.303. The number of carboxylic acids is 1. The van der Waals surface area contributed by atoms with Gasteiger partial charge in [0.15, 0.2) is 0 Å². The Kier molecular flexibility index (Phi) is 6.86. The van der Waals surface area contributed by atoms with Crippen LogP contribution in [0.2, 0.25) is 5.02 Å². The number of fused-ring (bicyclic) bond motifs is 9. The predicted molar refractivity (Wildman–Crippen MR) is 156 cm³/mol. The highest BCUT2D eigenvalue weighted by Gasteiger charge is 2.69. The fourth-order valence-corrected chi connectivity index (χ4v) is 10.7. The van der Waals surface area contributed by atoms with Crippen molar-refractivity contribution in [3.63, 3.8) is 0 Å². The molecule has 0 unspecified atom stereocenters. The van der Waals surface area contributed by atoms with Gasteiger partial charge in [-0.2, -0.15) is 0 Å². The van der Waals surface area contributed by atoms with Crippen molar-refractivity contribution in [3.8, 4) is 5.75 Å². The lowest BCUT2D eigenvalue weighted by molar-refractivity contribution is -0.385. The highest BCUT2D eigenvalue weighted by molar-refractivity contribution is 8.00. The largest absolute Gasteiger partial charge is 0.489 e. The summed E-state index contributed by atoms with van der Waals surface area (Å²) in [4.78, 5) is 66.8. The third kappa shape index (κ3) is 4.47. The molecule has 0 spiro atoms. The second kappa shape index (κ2) is 10.5. The number of non-ortho nitro benzene ring substituents is 1. The number of nitro benzene ring substituents is 1. The number of thioether (sulfide) groups is 1. The number of likely N-dealkylation sites (tertiary alicyclic amines) is 1. The van der Waals surface area contributed by atoms with Crippen molar-refractivity contribution in [1.82, 2.24) is 9.88 Å². The lowest BCUT2D eigenvalue weighted by Crippen LogP contribution is -2.42. The zero-order valence-corrected chi connectivity index (χ0v) is 24.7. The molecular formula is C29H24ClN3O8S2. The monoisotopic (exact) mass is 641 g/mol. The van der Waals surface area contributed by atoms with Crippen LogP contribution < -0.4 is 9.61 Å². The van der Waals surface area contributed by atoms with Gasteiger partial charge in [0.25, 0.3) is 5.69 Å². The summed E-state index contributed by atoms with van der Waals surface area (Å²) in [7, 11) is 0. The molecule has 2 amide bonds. The molecule has 0 radical (unpaired) electrons. The number of H-pyrrole nitrogens is 1. The van der Waals surface area contributed by atoms with Crippen molar-refractivity contribution < 1.29 is 29.2 Å². The quantitative estimate of drug-likeness (QED) is 0.205. The Morgan fingerprint density at radius 3 is 2.60 bits per heavy atom. The Morgan fingerprint density at radius 1 is 1.14 bits per heavy atom. The highest BCUT2D eigenvalue weighted by atomic mass is 35.5. The van der Waals surface area contributed by atoms with Crippen LogP contribution in [0, 0.1) is 39.7 Å². The molecule has 7 rings (SSSR count). The van der Waals surface area contributed by atoms with Gasteiger partial charge in [0.1, 0.15) is 12.4 Å². The van der Waals surface area contributed by atoms with E-state index < -0.39 is 28.6 Å². The van der Waals surface area contributed by atoms with Gasteiger partial charge in [-0.3, -0.25) is 34.2 Å². The van der Waals surface area contributed by atoms with Gasteiger partial charge in [-0.1, -0.05) is 41.1 Å². The van der Waals surface area contributed by atoms with Crippen LogP contribution in [0.25, 0.3) is 0 Å². The van der Waals surface area contributed by atoms with Gasteiger partial charge in [0.05, 0.1) is 28.2 Å². The number of thiazole rings is 1. The van der Waals surface area contributed by atoms with Crippen LogP contribution in [0.1, 0.15) is 34.8 Å². The van der Waals surface area contributed by atoms with Crippen molar-refractivity contribution in [3.05, 3.63) is 83.3 Å². The fraction of sp³-hybridized carbons (Fsp3) is 0.379. The maximum Gasteiger partial charge on any atom is 0.305 e. The standard InChI is InChI=1S/C29H24ClN3O8S2/c30-17-4-2-1-3-12(17)11-41-18-6-5-13(33(39)40)9-14(18)20-21-15-10-16(24(21)42-26-25(20)43-29(38)31-26)23-22(15)27(36)32(28(23)37)8-7-19(34)35/h1-6,9,15-16,20-24H,7-8,10-11H2,(H,31,38)(H,34,35)/t15-,16+,20-,21+,22+,23+,24+/m0/s1. The van der Waals surface area contributed by atoms with Crippen LogP contribution in [0.15, 0.2) is 52.3 Å². The van der Waals surface area contributed by atoms with Crippen LogP contribution >= 0.6 is 34.7 Å². The van der Waals surface area contributed by atoms with E-state index in [4.69, 9.17) is 21.4 Å². The average molecular weight is 642 g/mol. The summed E-state index contributed by atoms with van der Waals surface area (Å²) in [6.45, 7) is -0.0600. The van der Waals surface area contributed by atoms with Crippen LogP contribution in [0.4, 0.5) is 5.69 Å². The second-order valence-electron chi connectivity index (χ2n) is 11.3. The molecule has 11 nitrogen and oxygen atoms in total. The Balaban J connectivity index is 1.31. The molecule has 3 heterocycles. The molecule has 2 aliphatic heterocycles. The molecule has 7 atom stereocenters. The summed E-state index contributed by atoms with van der Waals surface area (Å²) >= 11 is 8.89. The van der Waals surface area contributed by atoms with Crippen LogP contribution in [0.3, 0.4) is 0 Å². The van der Waals surface area contributed by atoms with E-state index in [-0.39, 0.29) is 65.0 Å². The average Bonchev–Trinajstić information content (AvgIpc) is 3.70. The summed E-state index contributed by atoms with van der Waals surface area (Å²) in [6, 6.07) is 11.6. The first-order chi connectivity index (χ1) is 20.6. The minimum absolute atomic E-state index is 0.110. The van der Waals surface area contributed by atoms with E-state index in [1.165, 1.54) is 23.9 Å². The molecule has 14 heteroatoms. The number of aliphatic carboxylic acids is 1. The van der Waals surface area contributed by atoms with Gasteiger partial charge >= 0.3 is 10.8 Å². The summed E-state index contributed by atoms with van der Waals surface area (Å²) in [5.74, 6) is -3.62. The Hall–Kier alpha value is -3.68. The molecule has 3 aromatic rings.